The lowest BCUT2D eigenvalue weighted by molar-refractivity contribution is 0.206. The fourth-order valence-corrected chi connectivity index (χ4v) is 2.09. The molecule has 1 aliphatic rings. The minimum absolute atomic E-state index is 0.123. The van der Waals surface area contributed by atoms with E-state index in [1.165, 1.54) is 12.8 Å². The molecule has 0 spiro atoms. The van der Waals surface area contributed by atoms with Gasteiger partial charge >= 0.3 is 0 Å². The molecule has 4 nitrogen and oxygen atoms in total. The SMILES string of the molecule is OCCc1ccccc1OCCC(CO)NC1CC1. The number of ether oxygens (including phenoxy) is 1. The van der Waals surface area contributed by atoms with Crippen LogP contribution in [0.5, 0.6) is 5.75 Å². The summed E-state index contributed by atoms with van der Waals surface area (Å²) in [6.45, 7) is 0.856. The van der Waals surface area contributed by atoms with Gasteiger partial charge < -0.3 is 20.3 Å². The first-order valence-corrected chi connectivity index (χ1v) is 7.02. The molecule has 1 aromatic rings. The van der Waals surface area contributed by atoms with Gasteiger partial charge in [-0.25, -0.2) is 0 Å². The fraction of sp³-hybridized carbons (Fsp3) is 0.600. The molecular weight excluding hydrogens is 242 g/mol. The van der Waals surface area contributed by atoms with Crippen LogP contribution in [0.2, 0.25) is 0 Å². The third kappa shape index (κ3) is 4.82. The quantitative estimate of drug-likeness (QED) is 0.626. The lowest BCUT2D eigenvalue weighted by Gasteiger charge is -2.17. The molecule has 3 N–H and O–H groups in total. The Bertz CT molecular complexity index is 379. The number of benzene rings is 1. The average molecular weight is 265 g/mol. The molecule has 106 valence electrons. The lowest BCUT2D eigenvalue weighted by atomic mass is 10.1. The molecule has 0 radical (unpaired) electrons. The maximum absolute atomic E-state index is 9.29. The Labute approximate surface area is 114 Å². The van der Waals surface area contributed by atoms with Crippen molar-refractivity contribution in [2.24, 2.45) is 0 Å². The Kier molecular flexibility index (Phi) is 5.63. The summed E-state index contributed by atoms with van der Waals surface area (Å²) in [7, 11) is 0. The van der Waals surface area contributed by atoms with Crippen LogP contribution in [-0.2, 0) is 6.42 Å². The number of hydrogen-bond acceptors (Lipinski definition) is 4. The van der Waals surface area contributed by atoms with E-state index in [1.54, 1.807) is 0 Å². The molecule has 1 atom stereocenters. The first-order chi connectivity index (χ1) is 9.33. The van der Waals surface area contributed by atoms with Gasteiger partial charge in [-0.15, -0.1) is 0 Å². The van der Waals surface area contributed by atoms with E-state index in [-0.39, 0.29) is 19.3 Å². The van der Waals surface area contributed by atoms with E-state index >= 15 is 0 Å². The molecule has 0 aromatic heterocycles. The van der Waals surface area contributed by atoms with E-state index in [0.29, 0.717) is 19.1 Å². The second kappa shape index (κ2) is 7.48. The molecule has 0 heterocycles. The maximum Gasteiger partial charge on any atom is 0.122 e. The van der Waals surface area contributed by atoms with E-state index in [9.17, 15) is 5.11 Å². The molecular formula is C15H23NO3. The van der Waals surface area contributed by atoms with E-state index in [1.807, 2.05) is 24.3 Å². The number of hydrogen-bond donors (Lipinski definition) is 3. The van der Waals surface area contributed by atoms with E-state index < -0.39 is 0 Å². The van der Waals surface area contributed by atoms with E-state index in [4.69, 9.17) is 9.84 Å². The lowest BCUT2D eigenvalue weighted by Crippen LogP contribution is -2.35. The van der Waals surface area contributed by atoms with Gasteiger partial charge in [0.15, 0.2) is 0 Å². The summed E-state index contributed by atoms with van der Waals surface area (Å²) in [5.41, 5.74) is 1.03. The van der Waals surface area contributed by atoms with Crippen molar-refractivity contribution in [1.82, 2.24) is 5.32 Å². The minimum Gasteiger partial charge on any atom is -0.493 e. The highest BCUT2D eigenvalue weighted by molar-refractivity contribution is 5.33. The van der Waals surface area contributed by atoms with E-state index in [2.05, 4.69) is 5.32 Å². The topological polar surface area (TPSA) is 61.7 Å². The zero-order valence-corrected chi connectivity index (χ0v) is 11.2. The largest absolute Gasteiger partial charge is 0.493 e. The van der Waals surface area contributed by atoms with Gasteiger partial charge in [-0.1, -0.05) is 18.2 Å². The molecule has 4 heteroatoms. The van der Waals surface area contributed by atoms with E-state index in [0.717, 1.165) is 17.7 Å². The summed E-state index contributed by atoms with van der Waals surface area (Å²) in [6.07, 6.45) is 3.84. The Morgan fingerprint density at radius 3 is 2.74 bits per heavy atom. The van der Waals surface area contributed by atoms with Gasteiger partial charge in [0.05, 0.1) is 13.2 Å². The van der Waals surface area contributed by atoms with Crippen molar-refractivity contribution in [3.63, 3.8) is 0 Å². The minimum atomic E-state index is 0.123. The Morgan fingerprint density at radius 2 is 2.05 bits per heavy atom. The van der Waals surface area contributed by atoms with Crippen LogP contribution in [-0.4, -0.2) is 42.1 Å². The average Bonchev–Trinajstić information content (AvgIpc) is 3.24. The first kappa shape index (κ1) is 14.3. The highest BCUT2D eigenvalue weighted by Crippen LogP contribution is 2.21. The van der Waals surface area contributed by atoms with Crippen molar-refractivity contribution < 1.29 is 14.9 Å². The summed E-state index contributed by atoms with van der Waals surface area (Å²) >= 11 is 0. The predicted molar refractivity (Wildman–Crippen MR) is 74.4 cm³/mol. The normalized spacial score (nSPS) is 16.3. The van der Waals surface area contributed by atoms with Crippen molar-refractivity contribution in [2.75, 3.05) is 19.8 Å². The Hall–Kier alpha value is -1.10. The zero-order valence-electron chi connectivity index (χ0n) is 11.2. The van der Waals surface area contributed by atoms with Gasteiger partial charge in [-0.3, -0.25) is 0 Å². The molecule has 1 unspecified atom stereocenters. The predicted octanol–water partition coefficient (Wildman–Crippen LogP) is 1.10. The zero-order chi connectivity index (χ0) is 13.5. The van der Waals surface area contributed by atoms with Crippen molar-refractivity contribution in [3.05, 3.63) is 29.8 Å². The van der Waals surface area contributed by atoms with Crippen molar-refractivity contribution in [3.8, 4) is 5.75 Å². The fourth-order valence-electron chi connectivity index (χ4n) is 2.09. The van der Waals surface area contributed by atoms with Crippen molar-refractivity contribution in [1.29, 1.82) is 0 Å². The van der Waals surface area contributed by atoms with Crippen molar-refractivity contribution in [2.45, 2.75) is 37.8 Å². The second-order valence-electron chi connectivity index (χ2n) is 5.04. The summed E-state index contributed by atoms with van der Waals surface area (Å²) in [5, 5.41) is 21.7. The number of rotatable bonds is 9. The molecule has 0 amide bonds. The highest BCUT2D eigenvalue weighted by atomic mass is 16.5. The summed E-state index contributed by atoms with van der Waals surface area (Å²) < 4.78 is 5.76. The molecule has 0 aliphatic heterocycles. The van der Waals surface area contributed by atoms with Gasteiger partial charge in [0.2, 0.25) is 0 Å². The molecule has 0 bridgehead atoms. The van der Waals surface area contributed by atoms with Crippen LogP contribution in [0.3, 0.4) is 0 Å². The molecule has 1 aliphatic carbocycles. The van der Waals surface area contributed by atoms with Crippen LogP contribution in [0.25, 0.3) is 0 Å². The van der Waals surface area contributed by atoms with Crippen LogP contribution >= 0.6 is 0 Å². The number of aliphatic hydroxyl groups is 2. The monoisotopic (exact) mass is 265 g/mol. The van der Waals surface area contributed by atoms with Crippen molar-refractivity contribution >= 4 is 0 Å². The molecule has 1 fully saturated rings. The summed E-state index contributed by atoms with van der Waals surface area (Å²) in [4.78, 5) is 0. The van der Waals surface area contributed by atoms with Gasteiger partial charge in [0, 0.05) is 18.7 Å². The standard InChI is InChI=1S/C15H23NO3/c17-9-7-12-3-1-2-4-15(12)19-10-8-14(11-18)16-13-5-6-13/h1-4,13-14,16-18H,5-11H2. The Morgan fingerprint density at radius 1 is 1.26 bits per heavy atom. The summed E-state index contributed by atoms with van der Waals surface area (Å²) in [6, 6.07) is 8.49. The first-order valence-electron chi connectivity index (χ1n) is 7.02. The molecule has 19 heavy (non-hydrogen) atoms. The van der Waals surface area contributed by atoms with Gasteiger partial charge in [-0.05, 0) is 37.3 Å². The maximum atomic E-state index is 9.29. The number of para-hydroxylation sites is 1. The summed E-state index contributed by atoms with van der Waals surface area (Å²) in [5.74, 6) is 0.833. The van der Waals surface area contributed by atoms with Gasteiger partial charge in [-0.2, -0.15) is 0 Å². The third-order valence-electron chi connectivity index (χ3n) is 3.35. The highest BCUT2D eigenvalue weighted by Gasteiger charge is 2.24. The van der Waals surface area contributed by atoms with Crippen LogP contribution in [0, 0.1) is 0 Å². The van der Waals surface area contributed by atoms with Crippen LogP contribution in [0.1, 0.15) is 24.8 Å². The van der Waals surface area contributed by atoms with Crippen LogP contribution in [0.4, 0.5) is 0 Å². The van der Waals surface area contributed by atoms with Crippen LogP contribution in [0.15, 0.2) is 24.3 Å². The van der Waals surface area contributed by atoms with Gasteiger partial charge in [0.25, 0.3) is 0 Å². The smallest absolute Gasteiger partial charge is 0.122 e. The number of nitrogens with one attached hydrogen (secondary N) is 1. The van der Waals surface area contributed by atoms with Crippen LogP contribution < -0.4 is 10.1 Å². The number of aliphatic hydroxyl groups excluding tert-OH is 2. The van der Waals surface area contributed by atoms with Gasteiger partial charge in [0.1, 0.15) is 5.75 Å². The molecule has 1 saturated carbocycles. The Balaban J connectivity index is 1.77. The molecule has 2 rings (SSSR count). The molecule has 0 saturated heterocycles. The second-order valence-corrected chi connectivity index (χ2v) is 5.04. The molecule has 1 aromatic carbocycles. The third-order valence-corrected chi connectivity index (χ3v) is 3.35.